The Morgan fingerprint density at radius 3 is 2.27 bits per heavy atom. The lowest BCUT2D eigenvalue weighted by Gasteiger charge is -2.36. The lowest BCUT2D eigenvalue weighted by Crippen LogP contribution is -2.43. The van der Waals surface area contributed by atoms with E-state index in [1.807, 2.05) is 11.9 Å². The standard InChI is InChI=1S/C23H23ClFN3O2/c1-26-13-11-17(12-14-26)27(2)21-20(15-7-9-16(24)10-8-15)22(29)28(23(21)30)19-6-4-3-5-18(19)25/h3-10,17H,11-14H2,1-2H3. The molecular formula is C23H23ClFN3O2. The largest absolute Gasteiger partial charge is 0.366 e. The Kier molecular flexibility index (Phi) is 5.62. The summed E-state index contributed by atoms with van der Waals surface area (Å²) in [4.78, 5) is 32.0. The molecule has 1 fully saturated rings. The third-order valence-electron chi connectivity index (χ3n) is 5.87. The van der Waals surface area contributed by atoms with Crippen molar-refractivity contribution >= 4 is 34.7 Å². The number of hydrogen-bond acceptors (Lipinski definition) is 4. The molecule has 2 aliphatic rings. The molecule has 0 atom stereocenters. The molecule has 0 aromatic heterocycles. The number of anilines is 1. The van der Waals surface area contributed by atoms with Crippen LogP contribution in [0, 0.1) is 5.82 Å². The maximum Gasteiger partial charge on any atom is 0.282 e. The Morgan fingerprint density at radius 2 is 1.63 bits per heavy atom. The summed E-state index contributed by atoms with van der Waals surface area (Å²) < 4.78 is 14.5. The number of para-hydroxylation sites is 1. The van der Waals surface area contributed by atoms with Crippen LogP contribution in [0.1, 0.15) is 18.4 Å². The summed E-state index contributed by atoms with van der Waals surface area (Å²) in [5.41, 5.74) is 1.14. The van der Waals surface area contributed by atoms with E-state index >= 15 is 0 Å². The summed E-state index contributed by atoms with van der Waals surface area (Å²) >= 11 is 6.02. The highest BCUT2D eigenvalue weighted by Gasteiger charge is 2.44. The van der Waals surface area contributed by atoms with E-state index in [2.05, 4.69) is 11.9 Å². The lowest BCUT2D eigenvalue weighted by molar-refractivity contribution is -0.120. The maximum atomic E-state index is 14.5. The Bertz CT molecular complexity index is 1010. The number of benzene rings is 2. The second-order valence-electron chi connectivity index (χ2n) is 7.77. The highest BCUT2D eigenvalue weighted by atomic mass is 35.5. The highest BCUT2D eigenvalue weighted by Crippen LogP contribution is 2.37. The van der Waals surface area contributed by atoms with Crippen molar-refractivity contribution in [2.75, 3.05) is 32.1 Å². The Morgan fingerprint density at radius 1 is 1.00 bits per heavy atom. The van der Waals surface area contributed by atoms with Gasteiger partial charge in [0.05, 0.1) is 11.3 Å². The molecule has 2 heterocycles. The van der Waals surface area contributed by atoms with Gasteiger partial charge in [-0.05, 0) is 62.8 Å². The van der Waals surface area contributed by atoms with Crippen LogP contribution in [0.2, 0.25) is 5.02 Å². The molecule has 0 saturated carbocycles. The van der Waals surface area contributed by atoms with Crippen LogP contribution >= 0.6 is 11.6 Å². The third kappa shape index (κ3) is 3.61. The molecule has 5 nitrogen and oxygen atoms in total. The van der Waals surface area contributed by atoms with E-state index in [4.69, 9.17) is 11.6 Å². The molecule has 0 N–H and O–H groups in total. The van der Waals surface area contributed by atoms with Gasteiger partial charge in [-0.25, -0.2) is 9.29 Å². The Balaban J connectivity index is 1.80. The van der Waals surface area contributed by atoms with Gasteiger partial charge in [-0.15, -0.1) is 0 Å². The Labute approximate surface area is 180 Å². The molecule has 156 valence electrons. The zero-order valence-corrected chi connectivity index (χ0v) is 17.7. The number of piperidine rings is 1. The average molecular weight is 428 g/mol. The van der Waals surface area contributed by atoms with Crippen LogP contribution in [0.5, 0.6) is 0 Å². The van der Waals surface area contributed by atoms with Crippen LogP contribution < -0.4 is 4.90 Å². The molecule has 2 aliphatic heterocycles. The van der Waals surface area contributed by atoms with Crippen LogP contribution in [-0.2, 0) is 9.59 Å². The summed E-state index contributed by atoms with van der Waals surface area (Å²) in [6, 6.07) is 12.8. The van der Waals surface area contributed by atoms with Crippen LogP contribution in [0.4, 0.5) is 10.1 Å². The van der Waals surface area contributed by atoms with Crippen LogP contribution in [0.15, 0.2) is 54.2 Å². The summed E-state index contributed by atoms with van der Waals surface area (Å²) in [5.74, 6) is -1.64. The van der Waals surface area contributed by atoms with Gasteiger partial charge in [0.25, 0.3) is 11.8 Å². The first-order chi connectivity index (χ1) is 14.4. The van der Waals surface area contributed by atoms with Gasteiger partial charge in [-0.2, -0.15) is 0 Å². The van der Waals surface area contributed by atoms with E-state index in [9.17, 15) is 14.0 Å². The van der Waals surface area contributed by atoms with Gasteiger partial charge in [0, 0.05) is 18.1 Å². The van der Waals surface area contributed by atoms with Crippen molar-refractivity contribution in [1.29, 1.82) is 0 Å². The van der Waals surface area contributed by atoms with E-state index in [1.165, 1.54) is 18.2 Å². The monoisotopic (exact) mass is 427 g/mol. The molecule has 2 aromatic carbocycles. The van der Waals surface area contributed by atoms with E-state index in [0.29, 0.717) is 16.3 Å². The van der Waals surface area contributed by atoms with Gasteiger partial charge >= 0.3 is 0 Å². The first-order valence-electron chi connectivity index (χ1n) is 9.93. The molecule has 0 aliphatic carbocycles. The molecule has 0 radical (unpaired) electrons. The SMILES string of the molecule is CN1CCC(N(C)C2=C(c3ccc(Cl)cc3)C(=O)N(c3ccccc3F)C2=O)CC1. The number of likely N-dealkylation sites (N-methyl/N-ethyl adjacent to an activating group) is 1. The second-order valence-corrected chi connectivity index (χ2v) is 8.21. The van der Waals surface area contributed by atoms with E-state index in [0.717, 1.165) is 30.8 Å². The van der Waals surface area contributed by atoms with Crippen molar-refractivity contribution < 1.29 is 14.0 Å². The fraction of sp³-hybridized carbons (Fsp3) is 0.304. The second kappa shape index (κ2) is 8.20. The summed E-state index contributed by atoms with van der Waals surface area (Å²) in [5, 5.41) is 0.535. The number of rotatable bonds is 4. The topological polar surface area (TPSA) is 43.9 Å². The zero-order valence-electron chi connectivity index (χ0n) is 16.9. The molecule has 0 unspecified atom stereocenters. The molecule has 30 heavy (non-hydrogen) atoms. The molecule has 0 bridgehead atoms. The predicted molar refractivity (Wildman–Crippen MR) is 116 cm³/mol. The van der Waals surface area contributed by atoms with E-state index in [1.54, 1.807) is 30.3 Å². The summed E-state index contributed by atoms with van der Waals surface area (Å²) in [7, 11) is 3.91. The predicted octanol–water partition coefficient (Wildman–Crippen LogP) is 3.79. The number of carbonyl (C=O) groups is 2. The fourth-order valence-electron chi connectivity index (χ4n) is 4.14. The number of carbonyl (C=O) groups excluding carboxylic acids is 2. The fourth-order valence-corrected chi connectivity index (χ4v) is 4.26. The molecule has 2 amide bonds. The molecule has 0 spiro atoms. The minimum atomic E-state index is -0.613. The van der Waals surface area contributed by atoms with Crippen molar-refractivity contribution in [2.45, 2.75) is 18.9 Å². The van der Waals surface area contributed by atoms with Crippen molar-refractivity contribution in [3.05, 3.63) is 70.6 Å². The summed E-state index contributed by atoms with van der Waals surface area (Å²) in [6.45, 7) is 1.83. The van der Waals surface area contributed by atoms with Crippen molar-refractivity contribution in [2.24, 2.45) is 0 Å². The first kappa shape index (κ1) is 20.6. The average Bonchev–Trinajstić information content (AvgIpc) is 2.99. The van der Waals surface area contributed by atoms with Crippen LogP contribution in [0.3, 0.4) is 0 Å². The van der Waals surface area contributed by atoms with Crippen molar-refractivity contribution in [1.82, 2.24) is 9.80 Å². The first-order valence-corrected chi connectivity index (χ1v) is 10.3. The third-order valence-corrected chi connectivity index (χ3v) is 6.13. The molecular weight excluding hydrogens is 405 g/mol. The molecule has 4 rings (SSSR count). The number of hydrogen-bond donors (Lipinski definition) is 0. The lowest BCUT2D eigenvalue weighted by atomic mass is 10.0. The van der Waals surface area contributed by atoms with E-state index < -0.39 is 17.6 Å². The van der Waals surface area contributed by atoms with Crippen LogP contribution in [-0.4, -0.2) is 54.8 Å². The normalized spacial score (nSPS) is 18.5. The van der Waals surface area contributed by atoms with Gasteiger partial charge in [0.15, 0.2) is 0 Å². The highest BCUT2D eigenvalue weighted by molar-refractivity contribution is 6.45. The van der Waals surface area contributed by atoms with Gasteiger partial charge in [0.2, 0.25) is 0 Å². The molecule has 7 heteroatoms. The zero-order chi connectivity index (χ0) is 21.4. The number of imide groups is 1. The number of halogens is 2. The smallest absolute Gasteiger partial charge is 0.282 e. The quantitative estimate of drug-likeness (QED) is 0.696. The van der Waals surface area contributed by atoms with Gasteiger partial charge in [-0.1, -0.05) is 35.9 Å². The van der Waals surface area contributed by atoms with Gasteiger partial charge in [0.1, 0.15) is 11.5 Å². The maximum absolute atomic E-state index is 14.5. The number of amides is 2. The summed E-state index contributed by atoms with van der Waals surface area (Å²) in [6.07, 6.45) is 1.76. The minimum Gasteiger partial charge on any atom is -0.366 e. The van der Waals surface area contributed by atoms with Crippen molar-refractivity contribution in [3.63, 3.8) is 0 Å². The van der Waals surface area contributed by atoms with Crippen LogP contribution in [0.25, 0.3) is 5.57 Å². The van der Waals surface area contributed by atoms with Crippen molar-refractivity contribution in [3.8, 4) is 0 Å². The Hall–Kier alpha value is -2.70. The number of likely N-dealkylation sites (tertiary alicyclic amines) is 1. The number of nitrogens with zero attached hydrogens (tertiary/aromatic N) is 3. The minimum absolute atomic E-state index is 0.0364. The van der Waals surface area contributed by atoms with Gasteiger partial charge < -0.3 is 9.80 Å². The van der Waals surface area contributed by atoms with Gasteiger partial charge in [-0.3, -0.25) is 9.59 Å². The van der Waals surface area contributed by atoms with E-state index in [-0.39, 0.29) is 17.3 Å². The molecule has 1 saturated heterocycles. The molecule has 2 aromatic rings.